The third kappa shape index (κ3) is 1.95. The highest BCUT2D eigenvalue weighted by Crippen LogP contribution is 2.06. The molecule has 0 saturated heterocycles. The molecule has 0 bridgehead atoms. The molecule has 1 heterocycles. The molecule has 0 unspecified atom stereocenters. The molecule has 2 heteroatoms. The van der Waals surface area contributed by atoms with Crippen molar-refractivity contribution in [3.63, 3.8) is 0 Å². The first-order valence-corrected chi connectivity index (χ1v) is 3.87. The molecule has 0 aliphatic heterocycles. The van der Waals surface area contributed by atoms with Crippen molar-refractivity contribution in [1.29, 1.82) is 0 Å². The van der Waals surface area contributed by atoms with Crippen LogP contribution in [-0.2, 0) is 0 Å². The Morgan fingerprint density at radius 2 is 2.30 bits per heavy atom. The predicted octanol–water partition coefficient (Wildman–Crippen LogP) is 2.88. The number of halogens is 1. The van der Waals surface area contributed by atoms with Crippen LogP contribution in [0.15, 0.2) is 28.9 Å². The molecule has 0 amide bonds. The Bertz CT molecular complexity index is 243. The minimum atomic E-state index is 0.878. The van der Waals surface area contributed by atoms with Crippen LogP contribution in [0.5, 0.6) is 0 Å². The number of hydrogen-bond donors (Lipinski definition) is 0. The van der Waals surface area contributed by atoms with Crippen molar-refractivity contribution >= 4 is 22.0 Å². The molecule has 1 nitrogen and oxygen atoms in total. The summed E-state index contributed by atoms with van der Waals surface area (Å²) in [4.78, 5) is 4.19. The Hall–Kier alpha value is -0.630. The second-order valence-corrected chi connectivity index (χ2v) is 2.70. The maximum atomic E-state index is 4.19. The lowest BCUT2D eigenvalue weighted by molar-refractivity contribution is 1.25. The van der Waals surface area contributed by atoms with Gasteiger partial charge >= 0.3 is 0 Å². The zero-order valence-electron chi connectivity index (χ0n) is 5.71. The third-order valence-corrected chi connectivity index (χ3v) is 1.52. The van der Waals surface area contributed by atoms with Crippen LogP contribution in [0.1, 0.15) is 12.6 Å². The first kappa shape index (κ1) is 7.48. The number of aromatic nitrogens is 1. The highest BCUT2D eigenvalue weighted by molar-refractivity contribution is 9.10. The molecule has 0 fully saturated rings. The number of nitrogens with zero attached hydrogens (tertiary/aromatic N) is 1. The lowest BCUT2D eigenvalue weighted by Crippen LogP contribution is -1.78. The van der Waals surface area contributed by atoms with Crippen LogP contribution in [0.4, 0.5) is 0 Å². The van der Waals surface area contributed by atoms with Gasteiger partial charge in [0.15, 0.2) is 0 Å². The van der Waals surface area contributed by atoms with Crippen LogP contribution in [0.25, 0.3) is 6.08 Å². The molecule has 1 rings (SSSR count). The second kappa shape index (κ2) is 3.52. The average Bonchev–Trinajstić information content (AvgIpc) is 1.88. The van der Waals surface area contributed by atoms with E-state index in [0.29, 0.717) is 0 Å². The van der Waals surface area contributed by atoms with Crippen molar-refractivity contribution < 1.29 is 0 Å². The topological polar surface area (TPSA) is 12.9 Å². The normalized spacial score (nSPS) is 10.6. The lowest BCUT2D eigenvalue weighted by atomic mass is 10.3. The van der Waals surface area contributed by atoms with E-state index >= 15 is 0 Å². The summed E-state index contributed by atoms with van der Waals surface area (Å²) in [6.45, 7) is 1.97. The highest BCUT2D eigenvalue weighted by atomic mass is 79.9. The van der Waals surface area contributed by atoms with Crippen molar-refractivity contribution in [2.24, 2.45) is 0 Å². The van der Waals surface area contributed by atoms with Gasteiger partial charge in [0, 0.05) is 0 Å². The van der Waals surface area contributed by atoms with Crippen molar-refractivity contribution in [3.05, 3.63) is 34.6 Å². The molecule has 0 aromatic carbocycles. The predicted molar refractivity (Wildman–Crippen MR) is 46.6 cm³/mol. The molecule has 52 valence electrons. The van der Waals surface area contributed by atoms with Gasteiger partial charge in [-0.25, -0.2) is 4.98 Å². The molecular weight excluding hydrogens is 190 g/mol. The van der Waals surface area contributed by atoms with Gasteiger partial charge in [0.05, 0.1) is 5.69 Å². The summed E-state index contributed by atoms with van der Waals surface area (Å²) in [5.74, 6) is 0. The quantitative estimate of drug-likeness (QED) is 0.632. The molecule has 0 N–H and O–H groups in total. The molecule has 0 aliphatic rings. The van der Waals surface area contributed by atoms with Crippen molar-refractivity contribution in [2.45, 2.75) is 6.92 Å². The van der Waals surface area contributed by atoms with Gasteiger partial charge in [-0.3, -0.25) is 0 Å². The van der Waals surface area contributed by atoms with Gasteiger partial charge in [0.2, 0.25) is 0 Å². The standard InChI is InChI=1S/C8H8BrN/c1-2-4-7-5-3-6-8(9)10-7/h2-6H,1H3/b4-2+. The van der Waals surface area contributed by atoms with Gasteiger partial charge in [0.25, 0.3) is 0 Å². The fourth-order valence-corrected chi connectivity index (χ4v) is 1.04. The van der Waals surface area contributed by atoms with E-state index < -0.39 is 0 Å². The number of rotatable bonds is 1. The van der Waals surface area contributed by atoms with Crippen molar-refractivity contribution in [2.75, 3.05) is 0 Å². The number of pyridine rings is 1. The average molecular weight is 198 g/mol. The maximum absolute atomic E-state index is 4.19. The van der Waals surface area contributed by atoms with Crippen LogP contribution in [0.3, 0.4) is 0 Å². The summed E-state index contributed by atoms with van der Waals surface area (Å²) in [6, 6.07) is 5.84. The fraction of sp³-hybridized carbons (Fsp3) is 0.125. The zero-order chi connectivity index (χ0) is 7.40. The maximum Gasteiger partial charge on any atom is 0.106 e. The minimum Gasteiger partial charge on any atom is -0.242 e. The van der Waals surface area contributed by atoms with Crippen LogP contribution < -0.4 is 0 Å². The molecule has 0 spiro atoms. The van der Waals surface area contributed by atoms with Gasteiger partial charge in [-0.05, 0) is 41.1 Å². The SMILES string of the molecule is C/C=C/c1cccc(Br)n1. The lowest BCUT2D eigenvalue weighted by Gasteiger charge is -1.91. The van der Waals surface area contributed by atoms with E-state index in [1.54, 1.807) is 0 Å². The Morgan fingerprint density at radius 1 is 1.50 bits per heavy atom. The minimum absolute atomic E-state index is 0.878. The molecule has 1 aromatic rings. The van der Waals surface area contributed by atoms with Crippen LogP contribution in [-0.4, -0.2) is 4.98 Å². The van der Waals surface area contributed by atoms with Gasteiger partial charge in [0.1, 0.15) is 4.60 Å². The molecule has 0 atom stereocenters. The number of hydrogen-bond acceptors (Lipinski definition) is 1. The molecule has 10 heavy (non-hydrogen) atoms. The summed E-state index contributed by atoms with van der Waals surface area (Å²) in [5.41, 5.74) is 0.983. The zero-order valence-corrected chi connectivity index (χ0v) is 7.30. The largest absolute Gasteiger partial charge is 0.242 e. The monoisotopic (exact) mass is 197 g/mol. The van der Waals surface area contributed by atoms with E-state index in [-0.39, 0.29) is 0 Å². The summed E-state index contributed by atoms with van der Waals surface area (Å²) >= 11 is 3.29. The summed E-state index contributed by atoms with van der Waals surface area (Å²) < 4.78 is 0.878. The van der Waals surface area contributed by atoms with Crippen molar-refractivity contribution in [3.8, 4) is 0 Å². The Morgan fingerprint density at radius 3 is 2.90 bits per heavy atom. The van der Waals surface area contributed by atoms with Crippen LogP contribution in [0.2, 0.25) is 0 Å². The summed E-state index contributed by atoms with van der Waals surface area (Å²) in [5, 5.41) is 0. The fourth-order valence-electron chi connectivity index (χ4n) is 0.688. The van der Waals surface area contributed by atoms with Gasteiger partial charge < -0.3 is 0 Å². The molecular formula is C8H8BrN. The molecule has 0 aliphatic carbocycles. The smallest absolute Gasteiger partial charge is 0.106 e. The van der Waals surface area contributed by atoms with E-state index in [4.69, 9.17) is 0 Å². The first-order chi connectivity index (χ1) is 4.83. The molecule has 1 aromatic heterocycles. The summed E-state index contributed by atoms with van der Waals surface area (Å²) in [7, 11) is 0. The summed E-state index contributed by atoms with van der Waals surface area (Å²) in [6.07, 6.45) is 3.93. The Kier molecular flexibility index (Phi) is 2.63. The van der Waals surface area contributed by atoms with E-state index in [9.17, 15) is 0 Å². The van der Waals surface area contributed by atoms with E-state index in [2.05, 4.69) is 20.9 Å². The van der Waals surface area contributed by atoms with Crippen LogP contribution >= 0.6 is 15.9 Å². The Labute approximate surface area is 68.9 Å². The van der Waals surface area contributed by atoms with E-state index in [1.807, 2.05) is 37.3 Å². The highest BCUT2D eigenvalue weighted by Gasteiger charge is 1.87. The van der Waals surface area contributed by atoms with Gasteiger partial charge in [-0.2, -0.15) is 0 Å². The van der Waals surface area contributed by atoms with E-state index in [0.717, 1.165) is 10.3 Å². The van der Waals surface area contributed by atoms with Gasteiger partial charge in [-0.15, -0.1) is 0 Å². The third-order valence-electron chi connectivity index (χ3n) is 1.07. The first-order valence-electron chi connectivity index (χ1n) is 3.08. The second-order valence-electron chi connectivity index (χ2n) is 1.89. The molecule has 0 saturated carbocycles. The molecule has 0 radical (unpaired) electrons. The van der Waals surface area contributed by atoms with Gasteiger partial charge in [-0.1, -0.05) is 12.1 Å². The van der Waals surface area contributed by atoms with Crippen LogP contribution in [0, 0.1) is 0 Å². The van der Waals surface area contributed by atoms with Crippen molar-refractivity contribution in [1.82, 2.24) is 4.98 Å². The Balaban J connectivity index is 2.95. The number of allylic oxidation sites excluding steroid dienone is 1. The van der Waals surface area contributed by atoms with E-state index in [1.165, 1.54) is 0 Å².